The minimum absolute atomic E-state index is 0.0847. The number of amides is 1. The SMILES string of the molecule is CC(C)NC(=O)SC1(Cc2ccccc2)C=CCCC1. The second kappa shape index (κ2) is 6.98. The van der Waals surface area contributed by atoms with E-state index in [0.29, 0.717) is 0 Å². The van der Waals surface area contributed by atoms with E-state index < -0.39 is 0 Å². The molecule has 0 saturated carbocycles. The van der Waals surface area contributed by atoms with Gasteiger partial charge in [-0.25, -0.2) is 0 Å². The van der Waals surface area contributed by atoms with Crippen LogP contribution in [-0.4, -0.2) is 16.0 Å². The molecule has 0 heterocycles. The Bertz CT molecular complexity index is 469. The van der Waals surface area contributed by atoms with Gasteiger partial charge in [-0.05, 0) is 45.1 Å². The molecule has 1 aromatic rings. The van der Waals surface area contributed by atoms with Gasteiger partial charge in [0, 0.05) is 10.8 Å². The molecule has 1 aliphatic carbocycles. The summed E-state index contributed by atoms with van der Waals surface area (Å²) in [6, 6.07) is 10.6. The van der Waals surface area contributed by atoms with Crippen LogP contribution in [0.15, 0.2) is 42.5 Å². The maximum atomic E-state index is 12.1. The minimum atomic E-state index is -0.0847. The number of rotatable bonds is 4. The van der Waals surface area contributed by atoms with Crippen LogP contribution >= 0.6 is 11.8 Å². The third kappa shape index (κ3) is 4.41. The Morgan fingerprint density at radius 2 is 2.10 bits per heavy atom. The van der Waals surface area contributed by atoms with Gasteiger partial charge in [0.2, 0.25) is 0 Å². The summed E-state index contributed by atoms with van der Waals surface area (Å²) < 4.78 is -0.0847. The fraction of sp³-hybridized carbons (Fsp3) is 0.471. The highest BCUT2D eigenvalue weighted by molar-refractivity contribution is 8.14. The van der Waals surface area contributed by atoms with Crippen molar-refractivity contribution in [2.24, 2.45) is 0 Å². The lowest BCUT2D eigenvalue weighted by Crippen LogP contribution is -2.34. The summed E-state index contributed by atoms with van der Waals surface area (Å²) in [5.74, 6) is 0. The summed E-state index contributed by atoms with van der Waals surface area (Å²) in [4.78, 5) is 12.1. The predicted molar refractivity (Wildman–Crippen MR) is 87.1 cm³/mol. The fourth-order valence-electron chi connectivity index (χ4n) is 2.56. The fourth-order valence-corrected chi connectivity index (χ4v) is 3.87. The van der Waals surface area contributed by atoms with Crippen LogP contribution in [0.25, 0.3) is 0 Å². The molecule has 1 amide bonds. The zero-order chi connectivity index (χ0) is 14.4. The zero-order valence-electron chi connectivity index (χ0n) is 12.3. The molecule has 1 aliphatic rings. The predicted octanol–water partition coefficient (Wildman–Crippen LogP) is 4.56. The number of carbonyl (C=O) groups excluding carboxylic acids is 1. The molecule has 0 saturated heterocycles. The highest BCUT2D eigenvalue weighted by atomic mass is 32.2. The van der Waals surface area contributed by atoms with E-state index >= 15 is 0 Å². The van der Waals surface area contributed by atoms with Crippen molar-refractivity contribution in [2.45, 2.75) is 50.3 Å². The Labute approximate surface area is 126 Å². The summed E-state index contributed by atoms with van der Waals surface area (Å²) in [6.07, 6.45) is 8.74. The summed E-state index contributed by atoms with van der Waals surface area (Å²) >= 11 is 1.45. The van der Waals surface area contributed by atoms with Crippen LogP contribution in [0.4, 0.5) is 4.79 Å². The molecule has 0 fully saturated rings. The summed E-state index contributed by atoms with van der Waals surface area (Å²) in [7, 11) is 0. The van der Waals surface area contributed by atoms with E-state index in [1.165, 1.54) is 17.3 Å². The molecule has 0 aliphatic heterocycles. The van der Waals surface area contributed by atoms with Crippen molar-refractivity contribution < 1.29 is 4.79 Å². The van der Waals surface area contributed by atoms with Gasteiger partial charge in [0.05, 0.1) is 0 Å². The number of carbonyl (C=O) groups is 1. The first-order chi connectivity index (χ1) is 9.60. The number of thioether (sulfide) groups is 1. The number of hydrogen-bond donors (Lipinski definition) is 1. The lowest BCUT2D eigenvalue weighted by molar-refractivity contribution is 0.258. The van der Waals surface area contributed by atoms with E-state index in [1.807, 2.05) is 19.9 Å². The normalized spacial score (nSPS) is 21.9. The van der Waals surface area contributed by atoms with Crippen molar-refractivity contribution in [3.63, 3.8) is 0 Å². The van der Waals surface area contributed by atoms with Crippen LogP contribution in [0.1, 0.15) is 38.7 Å². The molecular weight excluding hydrogens is 266 g/mol. The minimum Gasteiger partial charge on any atom is -0.345 e. The molecule has 3 heteroatoms. The Balaban J connectivity index is 2.11. The molecule has 20 heavy (non-hydrogen) atoms. The molecule has 0 aromatic heterocycles. The molecule has 1 aromatic carbocycles. The average Bonchev–Trinajstić information content (AvgIpc) is 2.39. The maximum Gasteiger partial charge on any atom is 0.280 e. The van der Waals surface area contributed by atoms with Crippen LogP contribution in [0.3, 0.4) is 0 Å². The molecule has 1 unspecified atom stereocenters. The van der Waals surface area contributed by atoms with Gasteiger partial charge < -0.3 is 5.32 Å². The second-order valence-corrected chi connectivity index (χ2v) is 7.10. The first-order valence-electron chi connectivity index (χ1n) is 7.31. The van der Waals surface area contributed by atoms with Crippen molar-refractivity contribution in [3.05, 3.63) is 48.0 Å². The Kier molecular flexibility index (Phi) is 5.30. The highest BCUT2D eigenvalue weighted by Crippen LogP contribution is 2.39. The maximum absolute atomic E-state index is 12.1. The topological polar surface area (TPSA) is 29.1 Å². The van der Waals surface area contributed by atoms with Crippen LogP contribution in [0, 0.1) is 0 Å². The van der Waals surface area contributed by atoms with Gasteiger partial charge in [-0.15, -0.1) is 0 Å². The number of nitrogens with one attached hydrogen (secondary N) is 1. The summed E-state index contributed by atoms with van der Waals surface area (Å²) in [5.41, 5.74) is 1.30. The highest BCUT2D eigenvalue weighted by Gasteiger charge is 2.32. The standard InChI is InChI=1S/C17H23NOS/c1-14(2)18-16(19)20-17(11-7-4-8-12-17)13-15-9-5-3-6-10-15/h3,5-7,9-11,14H,4,8,12-13H2,1-2H3,(H,18,19). The van der Waals surface area contributed by atoms with E-state index in [0.717, 1.165) is 25.7 Å². The van der Waals surface area contributed by atoms with Crippen molar-refractivity contribution in [1.29, 1.82) is 0 Å². The van der Waals surface area contributed by atoms with Gasteiger partial charge in [0.25, 0.3) is 5.24 Å². The largest absolute Gasteiger partial charge is 0.345 e. The van der Waals surface area contributed by atoms with Crippen LogP contribution in [0.2, 0.25) is 0 Å². The molecule has 0 spiro atoms. The van der Waals surface area contributed by atoms with Crippen molar-refractivity contribution in [3.8, 4) is 0 Å². The van der Waals surface area contributed by atoms with E-state index in [4.69, 9.17) is 0 Å². The second-order valence-electron chi connectivity index (χ2n) is 5.71. The first-order valence-corrected chi connectivity index (χ1v) is 8.12. The van der Waals surface area contributed by atoms with Crippen molar-refractivity contribution in [1.82, 2.24) is 5.32 Å². The third-order valence-electron chi connectivity index (χ3n) is 3.44. The van der Waals surface area contributed by atoms with E-state index in [2.05, 4.69) is 41.7 Å². The van der Waals surface area contributed by atoms with Crippen LogP contribution in [0.5, 0.6) is 0 Å². The first kappa shape index (κ1) is 15.2. The molecule has 108 valence electrons. The quantitative estimate of drug-likeness (QED) is 0.823. The molecule has 2 rings (SSSR count). The van der Waals surface area contributed by atoms with Crippen molar-refractivity contribution in [2.75, 3.05) is 0 Å². The summed E-state index contributed by atoms with van der Waals surface area (Å²) in [6.45, 7) is 4.00. The average molecular weight is 289 g/mol. The number of hydrogen-bond acceptors (Lipinski definition) is 2. The van der Waals surface area contributed by atoms with E-state index in [-0.39, 0.29) is 16.0 Å². The van der Waals surface area contributed by atoms with Gasteiger partial charge in [-0.2, -0.15) is 0 Å². The lowest BCUT2D eigenvalue weighted by atomic mass is 9.89. The summed E-state index contributed by atoms with van der Waals surface area (Å²) in [5, 5.41) is 3.08. The van der Waals surface area contributed by atoms with Gasteiger partial charge in [-0.1, -0.05) is 54.2 Å². The molecule has 2 nitrogen and oxygen atoms in total. The van der Waals surface area contributed by atoms with Crippen molar-refractivity contribution >= 4 is 17.0 Å². The molecular formula is C17H23NOS. The van der Waals surface area contributed by atoms with Crippen LogP contribution in [-0.2, 0) is 6.42 Å². The zero-order valence-corrected chi connectivity index (χ0v) is 13.1. The Morgan fingerprint density at radius 3 is 2.70 bits per heavy atom. The Morgan fingerprint density at radius 1 is 1.35 bits per heavy atom. The third-order valence-corrected chi connectivity index (χ3v) is 4.64. The lowest BCUT2D eigenvalue weighted by Gasteiger charge is -2.32. The van der Waals surface area contributed by atoms with Gasteiger partial charge >= 0.3 is 0 Å². The van der Waals surface area contributed by atoms with Gasteiger partial charge in [0.1, 0.15) is 0 Å². The van der Waals surface area contributed by atoms with Gasteiger partial charge in [-0.3, -0.25) is 4.79 Å². The molecule has 0 bridgehead atoms. The van der Waals surface area contributed by atoms with Gasteiger partial charge in [0.15, 0.2) is 0 Å². The van der Waals surface area contributed by atoms with E-state index in [1.54, 1.807) is 0 Å². The smallest absolute Gasteiger partial charge is 0.280 e. The number of benzene rings is 1. The number of allylic oxidation sites excluding steroid dienone is 1. The molecule has 0 radical (unpaired) electrons. The monoisotopic (exact) mass is 289 g/mol. The van der Waals surface area contributed by atoms with Crippen LogP contribution < -0.4 is 5.32 Å². The molecule has 1 N–H and O–H groups in total. The van der Waals surface area contributed by atoms with E-state index in [9.17, 15) is 4.79 Å². The Hall–Kier alpha value is -1.22. The molecule has 1 atom stereocenters.